The summed E-state index contributed by atoms with van der Waals surface area (Å²) in [6.45, 7) is 3.92. The smallest absolute Gasteiger partial charge is 0.272 e. The second-order valence-electron chi connectivity index (χ2n) is 5.14. The van der Waals surface area contributed by atoms with Crippen LogP contribution in [0.4, 0.5) is 5.69 Å². The molecule has 21 heavy (non-hydrogen) atoms. The molecule has 0 unspecified atom stereocenters. The van der Waals surface area contributed by atoms with E-state index in [2.05, 4.69) is 10.3 Å². The first kappa shape index (κ1) is 13.7. The summed E-state index contributed by atoms with van der Waals surface area (Å²) in [5, 5.41) is 4.57. The zero-order valence-electron chi connectivity index (χ0n) is 11.8. The number of aromatic amines is 1. The van der Waals surface area contributed by atoms with Crippen molar-refractivity contribution in [3.63, 3.8) is 0 Å². The largest absolute Gasteiger partial charge is 0.350 e. The van der Waals surface area contributed by atoms with Crippen LogP contribution in [-0.4, -0.2) is 10.9 Å². The highest BCUT2D eigenvalue weighted by atomic mass is 35.5. The number of nitrogens with one attached hydrogen (secondary N) is 2. The van der Waals surface area contributed by atoms with Crippen LogP contribution in [0.3, 0.4) is 0 Å². The molecule has 0 fully saturated rings. The van der Waals surface area contributed by atoms with Gasteiger partial charge in [-0.25, -0.2) is 0 Å². The molecule has 0 radical (unpaired) electrons. The summed E-state index contributed by atoms with van der Waals surface area (Å²) < 4.78 is 0. The Labute approximate surface area is 127 Å². The van der Waals surface area contributed by atoms with Crippen LogP contribution in [-0.2, 0) is 0 Å². The Hall–Kier alpha value is -2.26. The zero-order valence-corrected chi connectivity index (χ0v) is 12.6. The lowest BCUT2D eigenvalue weighted by atomic mass is 10.1. The minimum atomic E-state index is -0.148. The number of benzene rings is 2. The van der Waals surface area contributed by atoms with E-state index in [0.717, 1.165) is 27.7 Å². The highest BCUT2D eigenvalue weighted by Crippen LogP contribution is 2.25. The fourth-order valence-electron chi connectivity index (χ4n) is 2.45. The summed E-state index contributed by atoms with van der Waals surface area (Å²) in [4.78, 5) is 15.6. The van der Waals surface area contributed by atoms with Crippen LogP contribution >= 0.6 is 11.6 Å². The van der Waals surface area contributed by atoms with Gasteiger partial charge in [-0.05, 0) is 49.2 Å². The fourth-order valence-corrected chi connectivity index (χ4v) is 2.63. The van der Waals surface area contributed by atoms with Gasteiger partial charge in [0.25, 0.3) is 5.91 Å². The van der Waals surface area contributed by atoms with Crippen molar-refractivity contribution in [1.82, 2.24) is 4.98 Å². The van der Waals surface area contributed by atoms with Gasteiger partial charge in [-0.15, -0.1) is 0 Å². The van der Waals surface area contributed by atoms with Crippen molar-refractivity contribution in [3.05, 3.63) is 64.3 Å². The maximum atomic E-state index is 12.4. The molecule has 0 saturated heterocycles. The van der Waals surface area contributed by atoms with Gasteiger partial charge in [-0.2, -0.15) is 0 Å². The molecule has 1 amide bonds. The molecule has 0 bridgehead atoms. The number of hydrogen-bond donors (Lipinski definition) is 2. The summed E-state index contributed by atoms with van der Waals surface area (Å²) >= 11 is 5.99. The molecule has 2 N–H and O–H groups in total. The second kappa shape index (κ2) is 5.26. The third kappa shape index (κ3) is 2.65. The maximum Gasteiger partial charge on any atom is 0.272 e. The van der Waals surface area contributed by atoms with E-state index in [0.29, 0.717) is 10.7 Å². The van der Waals surface area contributed by atoms with Gasteiger partial charge in [-0.1, -0.05) is 29.8 Å². The van der Waals surface area contributed by atoms with Crippen molar-refractivity contribution >= 4 is 34.1 Å². The average Bonchev–Trinajstić information content (AvgIpc) is 2.75. The van der Waals surface area contributed by atoms with E-state index in [1.807, 2.05) is 56.3 Å². The van der Waals surface area contributed by atoms with Gasteiger partial charge >= 0.3 is 0 Å². The van der Waals surface area contributed by atoms with Gasteiger partial charge in [0.15, 0.2) is 0 Å². The number of rotatable bonds is 2. The molecule has 1 aromatic heterocycles. The molecule has 2 aromatic carbocycles. The molecule has 3 aromatic rings. The van der Waals surface area contributed by atoms with Crippen LogP contribution in [0.15, 0.2) is 42.5 Å². The number of aryl methyl sites for hydroxylation is 2. The second-order valence-corrected chi connectivity index (χ2v) is 5.57. The van der Waals surface area contributed by atoms with Crippen LogP contribution in [0.5, 0.6) is 0 Å². The van der Waals surface area contributed by atoms with Gasteiger partial charge < -0.3 is 10.3 Å². The van der Waals surface area contributed by atoms with E-state index in [9.17, 15) is 4.79 Å². The molecule has 3 nitrogen and oxygen atoms in total. The molecule has 3 rings (SSSR count). The molecule has 1 heterocycles. The number of carbonyl (C=O) groups excluding carboxylic acids is 1. The Kier molecular flexibility index (Phi) is 3.43. The molecular weight excluding hydrogens is 284 g/mol. The van der Waals surface area contributed by atoms with Gasteiger partial charge in [0.2, 0.25) is 0 Å². The first-order valence-corrected chi connectivity index (χ1v) is 7.08. The van der Waals surface area contributed by atoms with Crippen LogP contribution in [0.1, 0.15) is 21.6 Å². The van der Waals surface area contributed by atoms with Gasteiger partial charge in [0.05, 0.1) is 0 Å². The monoisotopic (exact) mass is 298 g/mol. The first-order chi connectivity index (χ1) is 10.0. The quantitative estimate of drug-likeness (QED) is 0.708. The Balaban J connectivity index is 1.96. The van der Waals surface area contributed by atoms with Crippen molar-refractivity contribution in [2.75, 3.05) is 5.32 Å². The fraction of sp³-hybridized carbons (Fsp3) is 0.118. The maximum absolute atomic E-state index is 12.4. The standard InChI is InChI=1S/C17H15ClN2O/c1-10-4-3-5-13(8-10)19-17(21)16-11(2)14-7-6-12(18)9-15(14)20-16/h3-9,20H,1-2H3,(H,19,21). The molecule has 0 aliphatic carbocycles. The normalized spacial score (nSPS) is 10.8. The lowest BCUT2D eigenvalue weighted by molar-refractivity contribution is 0.102. The minimum absolute atomic E-state index is 0.148. The summed E-state index contributed by atoms with van der Waals surface area (Å²) in [5.41, 5.74) is 4.25. The highest BCUT2D eigenvalue weighted by Gasteiger charge is 2.15. The van der Waals surface area contributed by atoms with Gasteiger partial charge in [0, 0.05) is 21.6 Å². The van der Waals surface area contributed by atoms with E-state index in [4.69, 9.17) is 11.6 Å². The molecule has 0 aliphatic heterocycles. The Morgan fingerprint density at radius 1 is 1.14 bits per heavy atom. The molecule has 4 heteroatoms. The Morgan fingerprint density at radius 3 is 2.71 bits per heavy atom. The van der Waals surface area contributed by atoms with E-state index in [-0.39, 0.29) is 5.91 Å². The molecule has 106 valence electrons. The molecular formula is C17H15ClN2O. The lowest BCUT2D eigenvalue weighted by Crippen LogP contribution is -2.13. The number of anilines is 1. The third-order valence-corrected chi connectivity index (χ3v) is 3.76. The van der Waals surface area contributed by atoms with E-state index in [1.165, 1.54) is 0 Å². The van der Waals surface area contributed by atoms with Crippen molar-refractivity contribution < 1.29 is 4.79 Å². The SMILES string of the molecule is Cc1cccc(NC(=O)c2[nH]c3cc(Cl)ccc3c2C)c1. The molecule has 0 aliphatic rings. The topological polar surface area (TPSA) is 44.9 Å². The minimum Gasteiger partial charge on any atom is -0.350 e. The number of amides is 1. The van der Waals surface area contributed by atoms with Crippen LogP contribution in [0.25, 0.3) is 10.9 Å². The predicted molar refractivity (Wildman–Crippen MR) is 87.2 cm³/mol. The summed E-state index contributed by atoms with van der Waals surface area (Å²) in [6.07, 6.45) is 0. The number of hydrogen-bond acceptors (Lipinski definition) is 1. The highest BCUT2D eigenvalue weighted by molar-refractivity contribution is 6.31. The van der Waals surface area contributed by atoms with Crippen molar-refractivity contribution in [1.29, 1.82) is 0 Å². The summed E-state index contributed by atoms with van der Waals surface area (Å²) in [5.74, 6) is -0.148. The van der Waals surface area contributed by atoms with Crippen molar-refractivity contribution in [2.45, 2.75) is 13.8 Å². The predicted octanol–water partition coefficient (Wildman–Crippen LogP) is 4.69. The summed E-state index contributed by atoms with van der Waals surface area (Å²) in [7, 11) is 0. The molecule has 0 atom stereocenters. The number of fused-ring (bicyclic) bond motifs is 1. The first-order valence-electron chi connectivity index (χ1n) is 6.70. The van der Waals surface area contributed by atoms with Crippen LogP contribution < -0.4 is 5.32 Å². The Morgan fingerprint density at radius 2 is 1.95 bits per heavy atom. The van der Waals surface area contributed by atoms with E-state index in [1.54, 1.807) is 0 Å². The van der Waals surface area contributed by atoms with Gasteiger partial charge in [0.1, 0.15) is 5.69 Å². The van der Waals surface area contributed by atoms with Crippen LogP contribution in [0, 0.1) is 13.8 Å². The number of H-pyrrole nitrogens is 1. The molecule has 0 saturated carbocycles. The zero-order chi connectivity index (χ0) is 15.0. The van der Waals surface area contributed by atoms with E-state index >= 15 is 0 Å². The number of aromatic nitrogens is 1. The lowest BCUT2D eigenvalue weighted by Gasteiger charge is -2.05. The number of carbonyl (C=O) groups is 1. The average molecular weight is 299 g/mol. The molecule has 0 spiro atoms. The van der Waals surface area contributed by atoms with E-state index < -0.39 is 0 Å². The van der Waals surface area contributed by atoms with Crippen LogP contribution in [0.2, 0.25) is 5.02 Å². The number of halogens is 1. The van der Waals surface area contributed by atoms with Crippen molar-refractivity contribution in [3.8, 4) is 0 Å². The third-order valence-electron chi connectivity index (χ3n) is 3.52. The Bertz CT molecular complexity index is 836. The van der Waals surface area contributed by atoms with Crippen molar-refractivity contribution in [2.24, 2.45) is 0 Å². The van der Waals surface area contributed by atoms with Gasteiger partial charge in [-0.3, -0.25) is 4.79 Å². The summed E-state index contributed by atoms with van der Waals surface area (Å²) in [6, 6.07) is 13.3.